The quantitative estimate of drug-likeness (QED) is 0.839. The molecule has 2 rings (SSSR count). The second kappa shape index (κ2) is 5.56. The average Bonchev–Trinajstić information content (AvgIpc) is 2.36. The molecular formula is C13H14FN3O2S. The van der Waals surface area contributed by atoms with Gasteiger partial charge in [0.15, 0.2) is 0 Å². The van der Waals surface area contributed by atoms with Crippen molar-refractivity contribution in [2.45, 2.75) is 18.4 Å². The number of nitrogens with one attached hydrogen (secondary N) is 1. The van der Waals surface area contributed by atoms with Gasteiger partial charge < -0.3 is 5.73 Å². The predicted molar refractivity (Wildman–Crippen MR) is 73.8 cm³/mol. The summed E-state index contributed by atoms with van der Waals surface area (Å²) in [5.41, 5.74) is 6.89. The number of nitrogens with two attached hydrogens (primary N) is 1. The monoisotopic (exact) mass is 295 g/mol. The van der Waals surface area contributed by atoms with Crippen molar-refractivity contribution in [3.05, 3.63) is 53.6 Å². The second-order valence-corrected chi connectivity index (χ2v) is 6.02. The minimum absolute atomic E-state index is 0.00612. The van der Waals surface area contributed by atoms with E-state index >= 15 is 0 Å². The molecule has 0 bridgehead atoms. The van der Waals surface area contributed by atoms with Gasteiger partial charge in [-0.15, -0.1) is 0 Å². The topological polar surface area (TPSA) is 85.1 Å². The van der Waals surface area contributed by atoms with Gasteiger partial charge in [-0.1, -0.05) is 6.07 Å². The van der Waals surface area contributed by atoms with Crippen molar-refractivity contribution in [1.82, 2.24) is 9.71 Å². The van der Waals surface area contributed by atoms with Crippen molar-refractivity contribution in [1.29, 1.82) is 0 Å². The zero-order valence-electron chi connectivity index (χ0n) is 10.8. The fourth-order valence-corrected chi connectivity index (χ4v) is 2.74. The molecule has 0 atom stereocenters. The van der Waals surface area contributed by atoms with E-state index in [4.69, 9.17) is 5.73 Å². The zero-order chi connectivity index (χ0) is 14.8. The highest BCUT2D eigenvalue weighted by Gasteiger charge is 2.18. The molecule has 1 aromatic heterocycles. The lowest BCUT2D eigenvalue weighted by atomic mass is 10.3. The fourth-order valence-electron chi connectivity index (χ4n) is 1.68. The number of nitrogens with zero attached hydrogens (tertiary/aromatic N) is 1. The van der Waals surface area contributed by atoms with E-state index in [9.17, 15) is 12.8 Å². The molecule has 0 saturated carbocycles. The van der Waals surface area contributed by atoms with Gasteiger partial charge in [-0.3, -0.25) is 4.98 Å². The van der Waals surface area contributed by atoms with Gasteiger partial charge in [0.1, 0.15) is 10.7 Å². The summed E-state index contributed by atoms with van der Waals surface area (Å²) in [4.78, 5) is 3.73. The van der Waals surface area contributed by atoms with Gasteiger partial charge in [-0.25, -0.2) is 17.5 Å². The number of nitrogen functional groups attached to an aromatic ring is 1. The largest absolute Gasteiger partial charge is 0.399 e. The number of benzene rings is 1. The maximum absolute atomic E-state index is 13.6. The molecule has 1 heterocycles. The van der Waals surface area contributed by atoms with Crippen LogP contribution in [0.4, 0.5) is 10.1 Å². The van der Waals surface area contributed by atoms with E-state index in [1.165, 1.54) is 6.07 Å². The maximum Gasteiger partial charge on any atom is 0.243 e. The molecule has 20 heavy (non-hydrogen) atoms. The third-order valence-electron chi connectivity index (χ3n) is 2.63. The molecule has 3 N–H and O–H groups in total. The first-order valence-electron chi connectivity index (χ1n) is 5.86. The van der Waals surface area contributed by atoms with E-state index in [0.717, 1.165) is 17.8 Å². The molecular weight excluding hydrogens is 281 g/mol. The van der Waals surface area contributed by atoms with Crippen molar-refractivity contribution in [2.24, 2.45) is 0 Å². The molecule has 106 valence electrons. The van der Waals surface area contributed by atoms with Gasteiger partial charge in [0.25, 0.3) is 0 Å². The highest BCUT2D eigenvalue weighted by molar-refractivity contribution is 7.89. The highest BCUT2D eigenvalue weighted by atomic mass is 32.2. The molecule has 0 radical (unpaired) electrons. The standard InChI is InChI=1S/C13H14FN3O2S/c1-9-3-2-4-11(17-9)8-16-20(18,19)13-6-5-10(15)7-12(13)14/h2-7,16H,8,15H2,1H3. The summed E-state index contributed by atoms with van der Waals surface area (Å²) in [5.74, 6) is -0.880. The Morgan fingerprint density at radius 2 is 2.05 bits per heavy atom. The molecule has 2 aromatic rings. The molecule has 0 saturated heterocycles. The van der Waals surface area contributed by atoms with Crippen LogP contribution in [0.1, 0.15) is 11.4 Å². The van der Waals surface area contributed by atoms with E-state index in [1.807, 2.05) is 0 Å². The normalized spacial score (nSPS) is 11.5. The first-order chi connectivity index (χ1) is 9.38. The number of aryl methyl sites for hydroxylation is 1. The van der Waals surface area contributed by atoms with Gasteiger partial charge in [-0.2, -0.15) is 0 Å². The van der Waals surface area contributed by atoms with Crippen molar-refractivity contribution < 1.29 is 12.8 Å². The van der Waals surface area contributed by atoms with Crippen molar-refractivity contribution in [2.75, 3.05) is 5.73 Å². The molecule has 0 aliphatic carbocycles. The zero-order valence-corrected chi connectivity index (χ0v) is 11.6. The third-order valence-corrected chi connectivity index (χ3v) is 4.07. The van der Waals surface area contributed by atoms with Crippen LogP contribution >= 0.6 is 0 Å². The maximum atomic E-state index is 13.6. The summed E-state index contributed by atoms with van der Waals surface area (Å²) in [5, 5.41) is 0. The first kappa shape index (κ1) is 14.4. The van der Waals surface area contributed by atoms with E-state index < -0.39 is 20.7 Å². The smallest absolute Gasteiger partial charge is 0.243 e. The van der Waals surface area contributed by atoms with E-state index in [-0.39, 0.29) is 12.2 Å². The summed E-state index contributed by atoms with van der Waals surface area (Å²) in [6.07, 6.45) is 0. The van der Waals surface area contributed by atoms with E-state index in [1.54, 1.807) is 25.1 Å². The number of anilines is 1. The Hall–Kier alpha value is -1.99. The summed E-state index contributed by atoms with van der Waals surface area (Å²) in [6.45, 7) is 1.80. The number of halogens is 1. The Balaban J connectivity index is 2.19. The molecule has 0 unspecified atom stereocenters. The summed E-state index contributed by atoms with van der Waals surface area (Å²) >= 11 is 0. The molecule has 0 spiro atoms. The van der Waals surface area contributed by atoms with Crippen LogP contribution in [0, 0.1) is 12.7 Å². The number of hydrogen-bond donors (Lipinski definition) is 2. The number of sulfonamides is 1. The Kier molecular flexibility index (Phi) is 4.01. The summed E-state index contributed by atoms with van der Waals surface area (Å²) < 4.78 is 39.9. The van der Waals surface area contributed by atoms with Crippen LogP contribution in [-0.4, -0.2) is 13.4 Å². The molecule has 0 aliphatic heterocycles. The SMILES string of the molecule is Cc1cccc(CNS(=O)(=O)c2ccc(N)cc2F)n1. The third kappa shape index (κ3) is 3.31. The minimum Gasteiger partial charge on any atom is -0.399 e. The van der Waals surface area contributed by atoms with Crippen LogP contribution in [0.3, 0.4) is 0 Å². The van der Waals surface area contributed by atoms with Crippen molar-refractivity contribution in [3.8, 4) is 0 Å². The lowest BCUT2D eigenvalue weighted by Crippen LogP contribution is -2.24. The van der Waals surface area contributed by atoms with E-state index in [2.05, 4.69) is 9.71 Å². The van der Waals surface area contributed by atoms with Crippen molar-refractivity contribution in [3.63, 3.8) is 0 Å². The van der Waals surface area contributed by atoms with Gasteiger partial charge >= 0.3 is 0 Å². The van der Waals surface area contributed by atoms with Gasteiger partial charge in [0.2, 0.25) is 10.0 Å². The number of rotatable bonds is 4. The Morgan fingerprint density at radius 3 is 2.70 bits per heavy atom. The van der Waals surface area contributed by atoms with Gasteiger partial charge in [0, 0.05) is 11.4 Å². The summed E-state index contributed by atoms with van der Waals surface area (Å²) in [7, 11) is -3.94. The number of pyridine rings is 1. The van der Waals surface area contributed by atoms with Crippen LogP contribution in [0.5, 0.6) is 0 Å². The van der Waals surface area contributed by atoms with Gasteiger partial charge in [-0.05, 0) is 37.3 Å². The lowest BCUT2D eigenvalue weighted by Gasteiger charge is -2.08. The van der Waals surface area contributed by atoms with Crippen LogP contribution in [-0.2, 0) is 16.6 Å². The molecule has 1 aromatic carbocycles. The van der Waals surface area contributed by atoms with Crippen LogP contribution in [0.2, 0.25) is 0 Å². The molecule has 5 nitrogen and oxygen atoms in total. The Morgan fingerprint density at radius 1 is 1.30 bits per heavy atom. The van der Waals surface area contributed by atoms with Crippen LogP contribution in [0.15, 0.2) is 41.3 Å². The van der Waals surface area contributed by atoms with Crippen LogP contribution in [0.25, 0.3) is 0 Å². The average molecular weight is 295 g/mol. The minimum atomic E-state index is -3.94. The Labute approximate surface area is 116 Å². The van der Waals surface area contributed by atoms with Crippen LogP contribution < -0.4 is 10.5 Å². The fraction of sp³-hybridized carbons (Fsp3) is 0.154. The number of hydrogen-bond acceptors (Lipinski definition) is 4. The molecule has 7 heteroatoms. The van der Waals surface area contributed by atoms with Crippen molar-refractivity contribution >= 4 is 15.7 Å². The van der Waals surface area contributed by atoms with Gasteiger partial charge in [0.05, 0.1) is 12.2 Å². The Bertz CT molecular complexity index is 732. The molecule has 0 amide bonds. The lowest BCUT2D eigenvalue weighted by molar-refractivity contribution is 0.556. The molecule has 0 aliphatic rings. The second-order valence-electron chi connectivity index (χ2n) is 4.28. The summed E-state index contributed by atoms with van der Waals surface area (Å²) in [6, 6.07) is 8.71. The first-order valence-corrected chi connectivity index (χ1v) is 7.34. The van der Waals surface area contributed by atoms with E-state index in [0.29, 0.717) is 5.69 Å². The molecule has 0 fully saturated rings. The highest BCUT2D eigenvalue weighted by Crippen LogP contribution is 2.17. The predicted octanol–water partition coefficient (Wildman–Crippen LogP) is 1.59. The number of aromatic nitrogens is 1.